The van der Waals surface area contributed by atoms with Crippen molar-refractivity contribution >= 4 is 9.84 Å². The van der Waals surface area contributed by atoms with Gasteiger partial charge in [0.25, 0.3) is 0 Å². The molecule has 1 saturated heterocycles. The molecule has 1 atom stereocenters. The van der Waals surface area contributed by atoms with Crippen molar-refractivity contribution in [3.63, 3.8) is 0 Å². The molecule has 3 aliphatic rings. The van der Waals surface area contributed by atoms with Gasteiger partial charge in [-0.1, -0.05) is 6.07 Å². The van der Waals surface area contributed by atoms with Gasteiger partial charge in [0.05, 0.1) is 18.6 Å². The van der Waals surface area contributed by atoms with Gasteiger partial charge < -0.3 is 14.8 Å². The maximum absolute atomic E-state index is 14.0. The fourth-order valence-corrected chi connectivity index (χ4v) is 7.45. The molecule has 7 heteroatoms. The summed E-state index contributed by atoms with van der Waals surface area (Å²) in [5, 5.41) is 2.87. The van der Waals surface area contributed by atoms with E-state index >= 15 is 0 Å². The van der Waals surface area contributed by atoms with Gasteiger partial charge in [-0.05, 0) is 85.3 Å². The highest BCUT2D eigenvalue weighted by Crippen LogP contribution is 2.36. The van der Waals surface area contributed by atoms with Crippen LogP contribution in [0.25, 0.3) is 0 Å². The second-order valence-electron chi connectivity index (χ2n) is 8.75. The smallest absolute Gasteiger partial charge is 0.194 e. The highest BCUT2D eigenvalue weighted by Gasteiger charge is 2.41. The molecule has 3 heterocycles. The van der Waals surface area contributed by atoms with Gasteiger partial charge in [0, 0.05) is 19.5 Å². The molecular weight excluding hydrogens is 412 g/mol. The van der Waals surface area contributed by atoms with Crippen molar-refractivity contribution < 1.29 is 17.9 Å². The summed E-state index contributed by atoms with van der Waals surface area (Å²) in [6.45, 7) is 3.76. The standard InChI is InChI=1S/C24H30N2O4S/c1-29-21-3-2-20-16-26(12-8-18(20)14-21)24(17-6-10-25-11-7-17)31(27,28)22-4-5-23-19(15-22)9-13-30-23/h2-5,14-15,17,24-25H,6-13,16H2,1H3. The van der Waals surface area contributed by atoms with Crippen LogP contribution in [-0.2, 0) is 29.2 Å². The highest BCUT2D eigenvalue weighted by molar-refractivity contribution is 7.92. The van der Waals surface area contributed by atoms with Crippen molar-refractivity contribution in [3.8, 4) is 11.5 Å². The number of nitrogens with one attached hydrogen (secondary N) is 1. The Morgan fingerprint density at radius 3 is 2.71 bits per heavy atom. The Hall–Kier alpha value is -2.09. The molecule has 1 N–H and O–H groups in total. The number of methoxy groups -OCH3 is 1. The second kappa shape index (κ2) is 8.45. The van der Waals surface area contributed by atoms with E-state index in [1.807, 2.05) is 18.2 Å². The van der Waals surface area contributed by atoms with Crippen LogP contribution in [0.3, 0.4) is 0 Å². The van der Waals surface area contributed by atoms with Gasteiger partial charge >= 0.3 is 0 Å². The summed E-state index contributed by atoms with van der Waals surface area (Å²) in [6, 6.07) is 11.5. The lowest BCUT2D eigenvalue weighted by Gasteiger charge is -2.40. The number of hydrogen-bond acceptors (Lipinski definition) is 6. The summed E-state index contributed by atoms with van der Waals surface area (Å²) in [7, 11) is -1.84. The maximum Gasteiger partial charge on any atom is 0.194 e. The van der Waals surface area contributed by atoms with Gasteiger partial charge in [0.2, 0.25) is 0 Å². The molecule has 1 fully saturated rings. The highest BCUT2D eigenvalue weighted by atomic mass is 32.2. The average Bonchev–Trinajstić information content (AvgIpc) is 3.27. The van der Waals surface area contributed by atoms with E-state index in [2.05, 4.69) is 22.3 Å². The number of piperidine rings is 1. The van der Waals surface area contributed by atoms with Crippen LogP contribution in [0.1, 0.15) is 29.5 Å². The molecule has 0 saturated carbocycles. The van der Waals surface area contributed by atoms with Crippen LogP contribution in [0.4, 0.5) is 0 Å². The van der Waals surface area contributed by atoms with Crippen LogP contribution in [0, 0.1) is 5.92 Å². The first-order valence-corrected chi connectivity index (χ1v) is 12.7. The van der Waals surface area contributed by atoms with Crippen molar-refractivity contribution in [1.29, 1.82) is 0 Å². The number of nitrogens with zero attached hydrogens (tertiary/aromatic N) is 1. The largest absolute Gasteiger partial charge is 0.497 e. The zero-order valence-corrected chi connectivity index (χ0v) is 18.8. The van der Waals surface area contributed by atoms with Gasteiger partial charge in [-0.2, -0.15) is 0 Å². The SMILES string of the molecule is COc1ccc2c(c1)CCN(C(C1CCNCC1)S(=O)(=O)c1ccc3c(c1)CCO3)C2. The van der Waals surface area contributed by atoms with Crippen LogP contribution in [0.5, 0.6) is 11.5 Å². The number of fused-ring (bicyclic) bond motifs is 2. The molecule has 0 bridgehead atoms. The molecule has 1 unspecified atom stereocenters. The normalized spacial score (nSPS) is 20.5. The van der Waals surface area contributed by atoms with Crippen LogP contribution < -0.4 is 14.8 Å². The molecule has 0 amide bonds. The molecule has 0 radical (unpaired) electrons. The third-order valence-electron chi connectivity index (χ3n) is 6.91. The second-order valence-corrected chi connectivity index (χ2v) is 10.8. The lowest BCUT2D eigenvalue weighted by atomic mass is 9.94. The van der Waals surface area contributed by atoms with Gasteiger partial charge in [0.1, 0.15) is 16.9 Å². The number of hydrogen-bond donors (Lipinski definition) is 1. The van der Waals surface area contributed by atoms with Crippen molar-refractivity contribution in [2.75, 3.05) is 33.4 Å². The Kier molecular flexibility index (Phi) is 5.67. The Morgan fingerprint density at radius 1 is 1.06 bits per heavy atom. The molecule has 31 heavy (non-hydrogen) atoms. The lowest BCUT2D eigenvalue weighted by molar-refractivity contribution is 0.159. The topological polar surface area (TPSA) is 67.9 Å². The van der Waals surface area contributed by atoms with E-state index in [9.17, 15) is 8.42 Å². The van der Waals surface area contributed by atoms with E-state index in [-0.39, 0.29) is 5.92 Å². The number of sulfone groups is 1. The van der Waals surface area contributed by atoms with E-state index in [0.29, 0.717) is 18.0 Å². The van der Waals surface area contributed by atoms with E-state index in [4.69, 9.17) is 9.47 Å². The quantitative estimate of drug-likeness (QED) is 0.768. The predicted molar refractivity (Wildman–Crippen MR) is 119 cm³/mol. The third kappa shape index (κ3) is 3.95. The minimum absolute atomic E-state index is 0.121. The third-order valence-corrected chi connectivity index (χ3v) is 9.14. The minimum atomic E-state index is -3.52. The molecule has 2 aromatic carbocycles. The van der Waals surface area contributed by atoms with Crippen LogP contribution >= 0.6 is 0 Å². The fourth-order valence-electron chi connectivity index (χ4n) is 5.25. The summed E-state index contributed by atoms with van der Waals surface area (Å²) >= 11 is 0. The predicted octanol–water partition coefficient (Wildman–Crippen LogP) is 2.79. The maximum atomic E-state index is 14.0. The molecule has 2 aromatic rings. The van der Waals surface area contributed by atoms with Crippen molar-refractivity contribution in [3.05, 3.63) is 53.1 Å². The first kappa shape index (κ1) is 20.8. The molecule has 3 aliphatic heterocycles. The molecular formula is C24H30N2O4S. The number of ether oxygens (including phenoxy) is 2. The summed E-state index contributed by atoms with van der Waals surface area (Å²) < 4.78 is 39.0. The van der Waals surface area contributed by atoms with E-state index in [0.717, 1.165) is 62.4 Å². The lowest BCUT2D eigenvalue weighted by Crippen LogP contribution is -2.50. The Labute approximate surface area is 184 Å². The van der Waals surface area contributed by atoms with Crippen LogP contribution in [0.2, 0.25) is 0 Å². The van der Waals surface area contributed by atoms with E-state index < -0.39 is 15.2 Å². The molecule has 0 aromatic heterocycles. The molecule has 0 aliphatic carbocycles. The minimum Gasteiger partial charge on any atom is -0.497 e. The summed E-state index contributed by atoms with van der Waals surface area (Å²) in [5.41, 5.74) is 3.46. The summed E-state index contributed by atoms with van der Waals surface area (Å²) in [4.78, 5) is 2.63. The fraction of sp³-hybridized carbons (Fsp3) is 0.500. The first-order valence-electron chi connectivity index (χ1n) is 11.2. The van der Waals surface area contributed by atoms with Gasteiger partial charge in [-0.25, -0.2) is 8.42 Å². The van der Waals surface area contributed by atoms with Crippen LogP contribution in [0.15, 0.2) is 41.3 Å². The Morgan fingerprint density at radius 2 is 1.90 bits per heavy atom. The number of rotatable bonds is 5. The van der Waals surface area contributed by atoms with Gasteiger partial charge in [-0.3, -0.25) is 4.90 Å². The summed E-state index contributed by atoms with van der Waals surface area (Å²) in [6.07, 6.45) is 3.37. The van der Waals surface area contributed by atoms with Gasteiger partial charge in [-0.15, -0.1) is 0 Å². The van der Waals surface area contributed by atoms with Crippen molar-refractivity contribution in [1.82, 2.24) is 10.2 Å². The zero-order valence-electron chi connectivity index (χ0n) is 18.0. The van der Waals surface area contributed by atoms with Crippen LogP contribution in [-0.4, -0.2) is 52.0 Å². The van der Waals surface area contributed by atoms with E-state index in [1.54, 1.807) is 13.2 Å². The summed E-state index contributed by atoms with van der Waals surface area (Å²) in [5.74, 6) is 1.80. The Balaban J connectivity index is 1.50. The zero-order chi connectivity index (χ0) is 21.4. The molecule has 0 spiro atoms. The monoisotopic (exact) mass is 442 g/mol. The van der Waals surface area contributed by atoms with Crippen molar-refractivity contribution in [2.45, 2.75) is 42.5 Å². The number of benzene rings is 2. The molecule has 6 nitrogen and oxygen atoms in total. The van der Waals surface area contributed by atoms with E-state index in [1.165, 1.54) is 11.1 Å². The van der Waals surface area contributed by atoms with Crippen molar-refractivity contribution in [2.24, 2.45) is 5.92 Å². The Bertz CT molecular complexity index is 1060. The molecule has 166 valence electrons. The first-order chi connectivity index (χ1) is 15.1. The molecule has 5 rings (SSSR count). The van der Waals surface area contributed by atoms with Gasteiger partial charge in [0.15, 0.2) is 9.84 Å². The average molecular weight is 443 g/mol.